The maximum absolute atomic E-state index is 13.1. The maximum atomic E-state index is 13.1. The molecule has 1 N–H and O–H groups in total. The number of aromatic nitrogens is 3. The zero-order valence-corrected chi connectivity index (χ0v) is 14.8. The minimum absolute atomic E-state index is 0.205. The first kappa shape index (κ1) is 17.4. The van der Waals surface area contributed by atoms with E-state index in [1.807, 2.05) is 12.1 Å². The number of hydrogen-bond acceptors (Lipinski definition) is 6. The summed E-state index contributed by atoms with van der Waals surface area (Å²) in [7, 11) is 0. The molecule has 2 heterocycles. The lowest BCUT2D eigenvalue weighted by Crippen LogP contribution is -2.47. The predicted octanol–water partition coefficient (Wildman–Crippen LogP) is 2.80. The lowest BCUT2D eigenvalue weighted by molar-refractivity contribution is 0.605. The van der Waals surface area contributed by atoms with E-state index in [-0.39, 0.29) is 5.82 Å². The van der Waals surface area contributed by atoms with Crippen molar-refractivity contribution in [1.82, 2.24) is 15.2 Å². The van der Waals surface area contributed by atoms with E-state index in [4.69, 9.17) is 0 Å². The Labute approximate surface area is 148 Å². The number of benzene rings is 1. The first-order valence-electron chi connectivity index (χ1n) is 8.81. The number of nitrogens with zero attached hydrogens (tertiary/aromatic N) is 5. The van der Waals surface area contributed by atoms with Gasteiger partial charge in [-0.2, -0.15) is 10.1 Å². The summed E-state index contributed by atoms with van der Waals surface area (Å²) in [5, 5.41) is 11.6. The topological polar surface area (TPSA) is 57.2 Å². The van der Waals surface area contributed by atoms with Crippen LogP contribution in [-0.2, 0) is 0 Å². The largest absolute Gasteiger partial charge is 0.369 e. The Hall–Kier alpha value is -2.44. The van der Waals surface area contributed by atoms with Gasteiger partial charge in [-0.3, -0.25) is 0 Å². The molecule has 0 spiro atoms. The molecule has 0 atom stereocenters. The summed E-state index contributed by atoms with van der Waals surface area (Å²) in [5.41, 5.74) is 1.05. The SMILES string of the molecule is CC(C)CCNc1cnnc(N2CCN(c3ccc(F)cc3)CC2)n1. The molecule has 3 rings (SSSR count). The molecule has 0 unspecified atom stereocenters. The van der Waals surface area contributed by atoms with Gasteiger partial charge in [0, 0.05) is 38.4 Å². The lowest BCUT2D eigenvalue weighted by atomic mass is 10.1. The summed E-state index contributed by atoms with van der Waals surface area (Å²) < 4.78 is 13.1. The summed E-state index contributed by atoms with van der Waals surface area (Å²) in [6, 6.07) is 6.65. The summed E-state index contributed by atoms with van der Waals surface area (Å²) in [6.07, 6.45) is 2.76. The molecular weight excluding hydrogens is 319 g/mol. The average molecular weight is 344 g/mol. The highest BCUT2D eigenvalue weighted by Gasteiger charge is 2.20. The molecule has 0 amide bonds. The minimum Gasteiger partial charge on any atom is -0.369 e. The fraction of sp³-hybridized carbons (Fsp3) is 0.500. The van der Waals surface area contributed by atoms with E-state index in [2.05, 4.69) is 44.1 Å². The number of halogens is 1. The summed E-state index contributed by atoms with van der Waals surface area (Å²) in [6.45, 7) is 8.61. The molecule has 2 aromatic rings. The number of hydrogen-bond donors (Lipinski definition) is 1. The Morgan fingerprint density at radius 1 is 1.08 bits per heavy atom. The number of nitrogens with one attached hydrogen (secondary N) is 1. The molecule has 0 aliphatic carbocycles. The van der Waals surface area contributed by atoms with Crippen LogP contribution in [0.1, 0.15) is 20.3 Å². The second kappa shape index (κ2) is 8.09. The van der Waals surface area contributed by atoms with E-state index in [9.17, 15) is 4.39 Å². The molecule has 1 aliphatic heterocycles. The van der Waals surface area contributed by atoms with Crippen LogP contribution in [0.2, 0.25) is 0 Å². The zero-order chi connectivity index (χ0) is 17.6. The first-order chi connectivity index (χ1) is 12.1. The van der Waals surface area contributed by atoms with Crippen molar-refractivity contribution < 1.29 is 4.39 Å². The Bertz CT molecular complexity index is 668. The van der Waals surface area contributed by atoms with E-state index < -0.39 is 0 Å². The molecule has 134 valence electrons. The van der Waals surface area contributed by atoms with Crippen LogP contribution in [0.4, 0.5) is 21.8 Å². The molecule has 0 radical (unpaired) electrons. The molecule has 1 aromatic heterocycles. The van der Waals surface area contributed by atoms with Gasteiger partial charge in [-0.05, 0) is 36.6 Å². The quantitative estimate of drug-likeness (QED) is 0.870. The van der Waals surface area contributed by atoms with Gasteiger partial charge >= 0.3 is 0 Å². The summed E-state index contributed by atoms with van der Waals surface area (Å²) >= 11 is 0. The van der Waals surface area contributed by atoms with Crippen molar-refractivity contribution in [1.29, 1.82) is 0 Å². The Morgan fingerprint density at radius 3 is 2.44 bits per heavy atom. The third-order valence-electron chi connectivity index (χ3n) is 4.33. The fourth-order valence-corrected chi connectivity index (χ4v) is 2.82. The monoisotopic (exact) mass is 344 g/mol. The van der Waals surface area contributed by atoms with E-state index in [1.54, 1.807) is 6.20 Å². The molecular formula is C18H25FN6. The van der Waals surface area contributed by atoms with Crippen molar-refractivity contribution in [3.63, 3.8) is 0 Å². The van der Waals surface area contributed by atoms with Gasteiger partial charge in [-0.25, -0.2) is 4.39 Å². The molecule has 0 saturated carbocycles. The van der Waals surface area contributed by atoms with E-state index in [0.29, 0.717) is 11.9 Å². The van der Waals surface area contributed by atoms with E-state index in [1.165, 1.54) is 12.1 Å². The number of rotatable bonds is 6. The summed E-state index contributed by atoms with van der Waals surface area (Å²) in [5.74, 6) is 1.88. The van der Waals surface area contributed by atoms with Crippen molar-refractivity contribution in [2.75, 3.05) is 47.8 Å². The molecule has 6 nitrogen and oxygen atoms in total. The van der Waals surface area contributed by atoms with Crippen LogP contribution in [0.5, 0.6) is 0 Å². The number of piperazine rings is 1. The van der Waals surface area contributed by atoms with Gasteiger partial charge in [0.15, 0.2) is 5.82 Å². The van der Waals surface area contributed by atoms with Crippen LogP contribution in [0.25, 0.3) is 0 Å². The maximum Gasteiger partial charge on any atom is 0.247 e. The van der Waals surface area contributed by atoms with Crippen LogP contribution in [0.3, 0.4) is 0 Å². The zero-order valence-electron chi connectivity index (χ0n) is 14.8. The van der Waals surface area contributed by atoms with E-state index >= 15 is 0 Å². The number of anilines is 3. The first-order valence-corrected chi connectivity index (χ1v) is 8.81. The Balaban J connectivity index is 1.56. The third-order valence-corrected chi connectivity index (χ3v) is 4.33. The highest BCUT2D eigenvalue weighted by Crippen LogP contribution is 2.19. The van der Waals surface area contributed by atoms with Gasteiger partial charge in [0.25, 0.3) is 0 Å². The minimum atomic E-state index is -0.205. The van der Waals surface area contributed by atoms with Crippen molar-refractivity contribution in [3.8, 4) is 0 Å². The van der Waals surface area contributed by atoms with Crippen LogP contribution >= 0.6 is 0 Å². The van der Waals surface area contributed by atoms with E-state index in [0.717, 1.165) is 50.6 Å². The highest BCUT2D eigenvalue weighted by molar-refractivity contribution is 5.48. The molecule has 1 aliphatic rings. The Morgan fingerprint density at radius 2 is 1.76 bits per heavy atom. The molecule has 25 heavy (non-hydrogen) atoms. The normalized spacial score (nSPS) is 14.9. The van der Waals surface area contributed by atoms with Gasteiger partial charge in [-0.1, -0.05) is 13.8 Å². The van der Waals surface area contributed by atoms with Gasteiger partial charge in [0.1, 0.15) is 5.82 Å². The fourth-order valence-electron chi connectivity index (χ4n) is 2.82. The van der Waals surface area contributed by atoms with Crippen LogP contribution < -0.4 is 15.1 Å². The molecule has 1 aromatic carbocycles. The van der Waals surface area contributed by atoms with Gasteiger partial charge < -0.3 is 15.1 Å². The highest BCUT2D eigenvalue weighted by atomic mass is 19.1. The second-order valence-corrected chi connectivity index (χ2v) is 6.70. The van der Waals surface area contributed by atoms with Gasteiger partial charge in [-0.15, -0.1) is 5.10 Å². The molecule has 0 bridgehead atoms. The van der Waals surface area contributed by atoms with Crippen LogP contribution in [0.15, 0.2) is 30.5 Å². The van der Waals surface area contributed by atoms with Crippen molar-refractivity contribution in [2.45, 2.75) is 20.3 Å². The van der Waals surface area contributed by atoms with Crippen molar-refractivity contribution >= 4 is 17.5 Å². The van der Waals surface area contributed by atoms with Crippen LogP contribution in [0, 0.1) is 11.7 Å². The molecule has 1 fully saturated rings. The standard InChI is InChI=1S/C18H25FN6/c1-14(2)7-8-20-17-13-21-23-18(22-17)25-11-9-24(10-12-25)16-5-3-15(19)4-6-16/h3-6,13-14H,7-12H2,1-2H3,(H,20,22,23). The van der Waals surface area contributed by atoms with Crippen molar-refractivity contribution in [2.24, 2.45) is 5.92 Å². The van der Waals surface area contributed by atoms with Gasteiger partial charge in [0.2, 0.25) is 5.95 Å². The van der Waals surface area contributed by atoms with Crippen LogP contribution in [-0.4, -0.2) is 47.9 Å². The lowest BCUT2D eigenvalue weighted by Gasteiger charge is -2.35. The average Bonchev–Trinajstić information content (AvgIpc) is 2.62. The second-order valence-electron chi connectivity index (χ2n) is 6.70. The molecule has 1 saturated heterocycles. The summed E-state index contributed by atoms with van der Waals surface area (Å²) in [4.78, 5) is 8.96. The Kier molecular flexibility index (Phi) is 5.63. The smallest absolute Gasteiger partial charge is 0.247 e. The van der Waals surface area contributed by atoms with Gasteiger partial charge in [0.05, 0.1) is 6.20 Å². The predicted molar refractivity (Wildman–Crippen MR) is 98.6 cm³/mol. The molecule has 7 heteroatoms. The third kappa shape index (κ3) is 4.78. The van der Waals surface area contributed by atoms with Crippen molar-refractivity contribution in [3.05, 3.63) is 36.3 Å².